The molecule has 5 rings (SSSR count). The van der Waals surface area contributed by atoms with E-state index >= 15 is 0 Å². The average molecular weight is 377 g/mol. The molecule has 0 saturated carbocycles. The molecule has 0 fully saturated rings. The smallest absolute Gasteiger partial charge is 0.272 e. The van der Waals surface area contributed by atoms with Gasteiger partial charge in [0, 0.05) is 36.5 Å². The zero-order valence-electron chi connectivity index (χ0n) is 15.4. The Morgan fingerprint density at radius 1 is 1.14 bits per heavy atom. The maximum atomic E-state index is 13.2. The van der Waals surface area contributed by atoms with Crippen LogP contribution in [0.4, 0.5) is 4.39 Å². The summed E-state index contributed by atoms with van der Waals surface area (Å²) in [6.45, 7) is 0.703. The second-order valence-corrected chi connectivity index (χ2v) is 7.24. The summed E-state index contributed by atoms with van der Waals surface area (Å²) in [4.78, 5) is 17.2. The van der Waals surface area contributed by atoms with Gasteiger partial charge in [0.05, 0.1) is 11.9 Å². The number of fused-ring (bicyclic) bond motifs is 2. The molecule has 0 aliphatic heterocycles. The van der Waals surface area contributed by atoms with Gasteiger partial charge in [-0.1, -0.05) is 12.1 Å². The molecule has 0 saturated heterocycles. The van der Waals surface area contributed by atoms with Crippen LogP contribution in [0.1, 0.15) is 29.8 Å². The van der Waals surface area contributed by atoms with Gasteiger partial charge in [0.25, 0.3) is 5.56 Å². The molecule has 0 amide bonds. The molecule has 28 heavy (non-hydrogen) atoms. The SMILES string of the molecule is O=c1cc(CCn2ncc3c2CCCC3)nc2c(-c3ccc(F)cc3)c[nH]n12. The number of rotatable bonds is 4. The van der Waals surface area contributed by atoms with Crippen molar-refractivity contribution in [3.63, 3.8) is 0 Å². The lowest BCUT2D eigenvalue weighted by molar-refractivity contribution is 0.553. The van der Waals surface area contributed by atoms with Gasteiger partial charge in [-0.25, -0.2) is 13.9 Å². The Labute approximate surface area is 160 Å². The highest BCUT2D eigenvalue weighted by atomic mass is 19.1. The van der Waals surface area contributed by atoms with Gasteiger partial charge in [-0.3, -0.25) is 14.6 Å². The zero-order valence-corrected chi connectivity index (χ0v) is 15.4. The van der Waals surface area contributed by atoms with Gasteiger partial charge in [0.15, 0.2) is 5.65 Å². The van der Waals surface area contributed by atoms with E-state index in [0.29, 0.717) is 18.6 Å². The van der Waals surface area contributed by atoms with Crippen LogP contribution in [0.3, 0.4) is 0 Å². The Morgan fingerprint density at radius 3 is 2.82 bits per heavy atom. The molecule has 0 bridgehead atoms. The van der Waals surface area contributed by atoms with E-state index in [1.807, 2.05) is 6.20 Å². The van der Waals surface area contributed by atoms with Crippen LogP contribution >= 0.6 is 0 Å². The predicted molar refractivity (Wildman–Crippen MR) is 104 cm³/mol. The van der Waals surface area contributed by atoms with Crippen molar-refractivity contribution >= 4 is 5.65 Å². The van der Waals surface area contributed by atoms with Gasteiger partial charge in [-0.15, -0.1) is 0 Å². The maximum absolute atomic E-state index is 13.2. The number of hydrogen-bond donors (Lipinski definition) is 1. The third-order valence-electron chi connectivity index (χ3n) is 5.43. The van der Waals surface area contributed by atoms with E-state index in [2.05, 4.69) is 14.9 Å². The number of aromatic nitrogens is 5. The van der Waals surface area contributed by atoms with Crippen LogP contribution < -0.4 is 5.56 Å². The van der Waals surface area contributed by atoms with Gasteiger partial charge in [-0.05, 0) is 48.9 Å². The van der Waals surface area contributed by atoms with Crippen LogP contribution in [0.25, 0.3) is 16.8 Å². The Balaban J connectivity index is 1.47. The predicted octanol–water partition coefficient (Wildman–Crippen LogP) is 3.15. The third kappa shape index (κ3) is 2.93. The van der Waals surface area contributed by atoms with Gasteiger partial charge in [0.1, 0.15) is 5.82 Å². The lowest BCUT2D eigenvalue weighted by atomic mass is 9.98. The summed E-state index contributed by atoms with van der Waals surface area (Å²) in [6, 6.07) is 7.75. The minimum Gasteiger partial charge on any atom is -0.296 e. The van der Waals surface area contributed by atoms with E-state index in [1.165, 1.54) is 40.7 Å². The molecular formula is C21H20FN5O. The Hall–Kier alpha value is -3.22. The Morgan fingerprint density at radius 2 is 1.96 bits per heavy atom. The fourth-order valence-corrected chi connectivity index (χ4v) is 3.97. The molecular weight excluding hydrogens is 357 g/mol. The molecule has 3 heterocycles. The molecule has 1 N–H and O–H groups in total. The normalized spacial score (nSPS) is 13.8. The van der Waals surface area contributed by atoms with Gasteiger partial charge < -0.3 is 0 Å². The van der Waals surface area contributed by atoms with Crippen molar-refractivity contribution in [2.45, 2.75) is 38.6 Å². The van der Waals surface area contributed by atoms with Crippen molar-refractivity contribution in [3.05, 3.63) is 75.8 Å². The molecule has 0 radical (unpaired) electrons. The van der Waals surface area contributed by atoms with Gasteiger partial charge in [0.2, 0.25) is 0 Å². The van der Waals surface area contributed by atoms with Gasteiger partial charge in [-0.2, -0.15) is 5.10 Å². The van der Waals surface area contributed by atoms with Crippen molar-refractivity contribution in [1.29, 1.82) is 0 Å². The van der Waals surface area contributed by atoms with E-state index in [1.54, 1.807) is 24.4 Å². The van der Waals surface area contributed by atoms with Crippen LogP contribution in [0.2, 0.25) is 0 Å². The maximum Gasteiger partial charge on any atom is 0.272 e. The minimum absolute atomic E-state index is 0.157. The molecule has 1 aliphatic rings. The number of hydrogen-bond acceptors (Lipinski definition) is 3. The van der Waals surface area contributed by atoms with E-state index in [-0.39, 0.29) is 11.4 Å². The number of nitrogens with zero attached hydrogens (tertiary/aromatic N) is 4. The van der Waals surface area contributed by atoms with Crippen LogP contribution in [0, 0.1) is 5.82 Å². The van der Waals surface area contributed by atoms with E-state index in [9.17, 15) is 9.18 Å². The molecule has 4 aromatic rings. The van der Waals surface area contributed by atoms with E-state index < -0.39 is 0 Å². The van der Waals surface area contributed by atoms with Crippen molar-refractivity contribution in [3.8, 4) is 11.1 Å². The quantitative estimate of drug-likeness (QED) is 0.594. The highest BCUT2D eigenvalue weighted by Gasteiger charge is 2.16. The topological polar surface area (TPSA) is 68.0 Å². The molecule has 142 valence electrons. The summed E-state index contributed by atoms with van der Waals surface area (Å²) >= 11 is 0. The van der Waals surface area contributed by atoms with Crippen LogP contribution in [-0.2, 0) is 25.8 Å². The standard InChI is InChI=1S/C21H20FN5O/c22-16-7-5-14(6-8-16)18-13-24-27-20(28)11-17(25-21(18)27)9-10-26-19-4-2-1-3-15(19)12-23-26/h5-8,11-13,24H,1-4,9-10H2. The van der Waals surface area contributed by atoms with E-state index in [4.69, 9.17) is 4.98 Å². The first-order chi connectivity index (χ1) is 13.7. The number of H-pyrrole nitrogens is 1. The van der Waals surface area contributed by atoms with Crippen molar-refractivity contribution in [2.24, 2.45) is 0 Å². The summed E-state index contributed by atoms with van der Waals surface area (Å²) in [6.07, 6.45) is 8.93. The first kappa shape index (κ1) is 16.9. The molecule has 6 nitrogen and oxygen atoms in total. The van der Waals surface area contributed by atoms with Crippen molar-refractivity contribution < 1.29 is 4.39 Å². The highest BCUT2D eigenvalue weighted by molar-refractivity contribution is 5.76. The fourth-order valence-electron chi connectivity index (χ4n) is 3.97. The highest BCUT2D eigenvalue weighted by Crippen LogP contribution is 2.23. The first-order valence-electron chi connectivity index (χ1n) is 9.58. The van der Waals surface area contributed by atoms with Crippen molar-refractivity contribution in [2.75, 3.05) is 0 Å². The van der Waals surface area contributed by atoms with Crippen molar-refractivity contribution in [1.82, 2.24) is 24.4 Å². The lowest BCUT2D eigenvalue weighted by Crippen LogP contribution is -2.17. The summed E-state index contributed by atoms with van der Waals surface area (Å²) in [5, 5.41) is 7.46. The molecule has 0 unspecified atom stereocenters. The summed E-state index contributed by atoms with van der Waals surface area (Å²) in [7, 11) is 0. The van der Waals surface area contributed by atoms with Crippen LogP contribution in [-0.4, -0.2) is 24.4 Å². The minimum atomic E-state index is -0.294. The second-order valence-electron chi connectivity index (χ2n) is 7.24. The Bertz CT molecular complexity index is 1200. The molecule has 0 atom stereocenters. The molecule has 1 aromatic carbocycles. The third-order valence-corrected chi connectivity index (χ3v) is 5.43. The van der Waals surface area contributed by atoms with Crippen LogP contribution in [0.5, 0.6) is 0 Å². The second kappa shape index (κ2) is 6.74. The molecule has 0 spiro atoms. The number of aromatic amines is 1. The number of nitrogens with one attached hydrogen (secondary N) is 1. The largest absolute Gasteiger partial charge is 0.296 e. The monoisotopic (exact) mass is 377 g/mol. The number of halogens is 1. The summed E-state index contributed by atoms with van der Waals surface area (Å²) < 4.78 is 16.7. The van der Waals surface area contributed by atoms with Gasteiger partial charge >= 0.3 is 0 Å². The first-order valence-corrected chi connectivity index (χ1v) is 9.58. The average Bonchev–Trinajstić information content (AvgIpc) is 3.32. The Kier molecular flexibility index (Phi) is 4.07. The van der Waals surface area contributed by atoms with E-state index in [0.717, 1.165) is 29.7 Å². The lowest BCUT2D eigenvalue weighted by Gasteiger charge is -2.13. The molecule has 1 aliphatic carbocycles. The zero-order chi connectivity index (χ0) is 19.1. The summed E-state index contributed by atoms with van der Waals surface area (Å²) in [5.41, 5.74) is 5.37. The number of benzene rings is 1. The van der Waals surface area contributed by atoms with Crippen LogP contribution in [0.15, 0.2) is 47.5 Å². The molecule has 3 aromatic heterocycles. The number of aryl methyl sites for hydroxylation is 3. The fraction of sp³-hybridized carbons (Fsp3) is 0.286. The summed E-state index contributed by atoms with van der Waals surface area (Å²) in [5.74, 6) is -0.294. The molecule has 7 heteroatoms.